The number of hydrogen-bond donors (Lipinski definition) is 3. The van der Waals surface area contributed by atoms with Gasteiger partial charge in [0.05, 0.1) is 11.5 Å². The zero-order valence-corrected chi connectivity index (χ0v) is 12.6. The predicted molar refractivity (Wildman–Crippen MR) is 81.8 cm³/mol. The third-order valence-electron chi connectivity index (χ3n) is 3.26. The van der Waals surface area contributed by atoms with Crippen LogP contribution >= 0.6 is 7.60 Å². The van der Waals surface area contributed by atoms with E-state index in [1.54, 1.807) is 23.0 Å². The van der Waals surface area contributed by atoms with E-state index >= 15 is 0 Å². The van der Waals surface area contributed by atoms with Gasteiger partial charge in [-0.2, -0.15) is 5.10 Å². The summed E-state index contributed by atoms with van der Waals surface area (Å²) in [6, 6.07) is 6.20. The van der Waals surface area contributed by atoms with Gasteiger partial charge in [-0.05, 0) is 17.7 Å². The van der Waals surface area contributed by atoms with Crippen LogP contribution < -0.4 is 10.6 Å². The van der Waals surface area contributed by atoms with E-state index in [1.807, 2.05) is 7.05 Å². The Morgan fingerprint density at radius 3 is 2.64 bits per heavy atom. The first-order chi connectivity index (χ1) is 10.4. The number of aryl methyl sites for hydroxylation is 1. The lowest BCUT2D eigenvalue weighted by molar-refractivity contribution is 0.387. The summed E-state index contributed by atoms with van der Waals surface area (Å²) < 4.78 is 12.8. The third-order valence-corrected chi connectivity index (χ3v) is 4.23. The standard InChI is InChI=1S/C13H14N5O3P/c1-18-12-11(7-17-18)15-8-16-13(12)14-6-9-2-4-10(5-3-9)22(19,20)21/h2-5,7-8H,6H2,1H3,(H,14,15,16)(H2,19,20,21). The molecule has 0 saturated carbocycles. The van der Waals surface area contributed by atoms with Gasteiger partial charge in [0.2, 0.25) is 0 Å². The van der Waals surface area contributed by atoms with Gasteiger partial charge in [0.15, 0.2) is 5.82 Å². The molecule has 0 aliphatic heterocycles. The van der Waals surface area contributed by atoms with Crippen molar-refractivity contribution in [3.63, 3.8) is 0 Å². The highest BCUT2D eigenvalue weighted by Crippen LogP contribution is 2.32. The zero-order chi connectivity index (χ0) is 15.7. The Morgan fingerprint density at radius 1 is 1.23 bits per heavy atom. The minimum atomic E-state index is -4.20. The second-order valence-corrected chi connectivity index (χ2v) is 6.39. The van der Waals surface area contributed by atoms with Crippen molar-refractivity contribution in [2.45, 2.75) is 6.54 Å². The van der Waals surface area contributed by atoms with Crippen molar-refractivity contribution < 1.29 is 14.4 Å². The first kappa shape index (κ1) is 14.6. The highest BCUT2D eigenvalue weighted by Gasteiger charge is 2.16. The van der Waals surface area contributed by atoms with Gasteiger partial charge >= 0.3 is 7.60 Å². The molecule has 0 saturated heterocycles. The van der Waals surface area contributed by atoms with Gasteiger partial charge in [-0.3, -0.25) is 9.25 Å². The quantitative estimate of drug-likeness (QED) is 0.609. The Kier molecular flexibility index (Phi) is 3.66. The molecule has 3 aromatic rings. The highest BCUT2D eigenvalue weighted by atomic mass is 31.2. The SMILES string of the molecule is Cn1ncc2ncnc(NCc3ccc(P(=O)(O)O)cc3)c21. The molecular weight excluding hydrogens is 305 g/mol. The number of anilines is 1. The van der Waals surface area contributed by atoms with E-state index in [4.69, 9.17) is 9.79 Å². The van der Waals surface area contributed by atoms with E-state index in [0.29, 0.717) is 12.4 Å². The molecule has 114 valence electrons. The largest absolute Gasteiger partial charge is 0.364 e. The molecule has 0 radical (unpaired) electrons. The number of nitrogens with one attached hydrogen (secondary N) is 1. The normalized spacial score (nSPS) is 11.8. The summed E-state index contributed by atoms with van der Waals surface area (Å²) in [7, 11) is -2.39. The maximum atomic E-state index is 11.1. The summed E-state index contributed by atoms with van der Waals surface area (Å²) in [6.07, 6.45) is 3.13. The third kappa shape index (κ3) is 2.85. The lowest BCUT2D eigenvalue weighted by Gasteiger charge is -2.09. The fourth-order valence-electron chi connectivity index (χ4n) is 2.13. The number of aromatic nitrogens is 4. The molecule has 2 aromatic heterocycles. The van der Waals surface area contributed by atoms with Crippen LogP contribution in [0.5, 0.6) is 0 Å². The monoisotopic (exact) mass is 319 g/mol. The predicted octanol–water partition coefficient (Wildman–Crippen LogP) is 0.778. The number of nitrogens with zero attached hydrogens (tertiary/aromatic N) is 4. The van der Waals surface area contributed by atoms with Gasteiger partial charge in [0.25, 0.3) is 0 Å². The molecule has 0 unspecified atom stereocenters. The van der Waals surface area contributed by atoms with E-state index in [2.05, 4.69) is 20.4 Å². The minimum absolute atomic E-state index is 0.00677. The van der Waals surface area contributed by atoms with Crippen molar-refractivity contribution in [1.29, 1.82) is 0 Å². The zero-order valence-electron chi connectivity index (χ0n) is 11.7. The van der Waals surface area contributed by atoms with Gasteiger partial charge < -0.3 is 15.1 Å². The van der Waals surface area contributed by atoms with E-state index in [-0.39, 0.29) is 5.30 Å². The average Bonchev–Trinajstić information content (AvgIpc) is 2.87. The molecule has 9 heteroatoms. The summed E-state index contributed by atoms with van der Waals surface area (Å²) in [5.74, 6) is 0.657. The number of rotatable bonds is 4. The Morgan fingerprint density at radius 2 is 1.95 bits per heavy atom. The summed E-state index contributed by atoms with van der Waals surface area (Å²) >= 11 is 0. The molecule has 0 atom stereocenters. The van der Waals surface area contributed by atoms with Gasteiger partial charge in [-0.1, -0.05) is 12.1 Å². The molecule has 0 fully saturated rings. The summed E-state index contributed by atoms with van der Waals surface area (Å²) in [5, 5.41) is 7.33. The molecule has 0 aliphatic rings. The smallest absolute Gasteiger partial charge is 0.356 e. The molecule has 3 N–H and O–H groups in total. The topological polar surface area (TPSA) is 113 Å². The Labute approximate surface area is 126 Å². The Bertz CT molecular complexity index is 856. The van der Waals surface area contributed by atoms with Gasteiger partial charge in [-0.15, -0.1) is 0 Å². The lowest BCUT2D eigenvalue weighted by Crippen LogP contribution is -2.07. The molecule has 0 bridgehead atoms. The van der Waals surface area contributed by atoms with Crippen molar-refractivity contribution in [2.24, 2.45) is 7.05 Å². The number of hydrogen-bond acceptors (Lipinski definition) is 5. The van der Waals surface area contributed by atoms with Crippen LogP contribution in [0.2, 0.25) is 0 Å². The van der Waals surface area contributed by atoms with Crippen molar-refractivity contribution in [1.82, 2.24) is 19.7 Å². The average molecular weight is 319 g/mol. The first-order valence-electron chi connectivity index (χ1n) is 6.47. The van der Waals surface area contributed by atoms with Crippen LogP contribution in [0.15, 0.2) is 36.8 Å². The summed E-state index contributed by atoms with van der Waals surface area (Å²) in [6.45, 7) is 0.471. The number of fused-ring (bicyclic) bond motifs is 1. The van der Waals surface area contributed by atoms with Crippen LogP contribution in [0.1, 0.15) is 5.56 Å². The Hall–Kier alpha value is -2.28. The van der Waals surface area contributed by atoms with Gasteiger partial charge in [-0.25, -0.2) is 9.97 Å². The van der Waals surface area contributed by atoms with Crippen LogP contribution in [0, 0.1) is 0 Å². The molecule has 22 heavy (non-hydrogen) atoms. The summed E-state index contributed by atoms with van der Waals surface area (Å²) in [4.78, 5) is 26.5. The maximum absolute atomic E-state index is 11.1. The van der Waals surface area contributed by atoms with Crippen molar-refractivity contribution in [3.05, 3.63) is 42.4 Å². The maximum Gasteiger partial charge on any atom is 0.356 e. The van der Waals surface area contributed by atoms with E-state index in [1.165, 1.54) is 18.5 Å². The van der Waals surface area contributed by atoms with Crippen LogP contribution in [-0.2, 0) is 18.2 Å². The fourth-order valence-corrected chi connectivity index (χ4v) is 2.67. The molecule has 0 aliphatic carbocycles. The van der Waals surface area contributed by atoms with Crippen LogP contribution in [0.3, 0.4) is 0 Å². The van der Waals surface area contributed by atoms with Crippen LogP contribution in [0.25, 0.3) is 11.0 Å². The van der Waals surface area contributed by atoms with E-state index < -0.39 is 7.60 Å². The number of benzene rings is 1. The van der Waals surface area contributed by atoms with Crippen molar-refractivity contribution in [2.75, 3.05) is 5.32 Å². The molecule has 8 nitrogen and oxygen atoms in total. The molecule has 2 heterocycles. The highest BCUT2D eigenvalue weighted by molar-refractivity contribution is 7.60. The van der Waals surface area contributed by atoms with E-state index in [9.17, 15) is 4.57 Å². The molecule has 0 amide bonds. The van der Waals surface area contributed by atoms with Gasteiger partial charge in [0.1, 0.15) is 17.4 Å². The minimum Gasteiger partial charge on any atom is -0.364 e. The lowest BCUT2D eigenvalue weighted by atomic mass is 10.2. The fraction of sp³-hybridized carbons (Fsp3) is 0.154. The van der Waals surface area contributed by atoms with Crippen molar-refractivity contribution >= 4 is 29.8 Å². The second kappa shape index (κ2) is 5.49. The summed E-state index contributed by atoms with van der Waals surface area (Å²) in [5.41, 5.74) is 2.43. The molecule has 3 rings (SSSR count). The molecular formula is C13H14N5O3P. The molecule has 1 aromatic carbocycles. The second-order valence-electron chi connectivity index (χ2n) is 4.79. The van der Waals surface area contributed by atoms with Crippen molar-refractivity contribution in [3.8, 4) is 0 Å². The first-order valence-corrected chi connectivity index (χ1v) is 8.08. The van der Waals surface area contributed by atoms with Crippen LogP contribution in [-0.4, -0.2) is 29.5 Å². The Balaban J connectivity index is 1.80. The van der Waals surface area contributed by atoms with Gasteiger partial charge in [0, 0.05) is 13.6 Å². The molecule has 0 spiro atoms. The van der Waals surface area contributed by atoms with E-state index in [0.717, 1.165) is 16.6 Å². The van der Waals surface area contributed by atoms with Crippen LogP contribution in [0.4, 0.5) is 5.82 Å².